The van der Waals surface area contributed by atoms with E-state index in [4.69, 9.17) is 11.6 Å². The van der Waals surface area contributed by atoms with Gasteiger partial charge in [0.15, 0.2) is 0 Å². The van der Waals surface area contributed by atoms with Crippen molar-refractivity contribution in [3.63, 3.8) is 0 Å². The summed E-state index contributed by atoms with van der Waals surface area (Å²) in [6, 6.07) is 22.4. The molecule has 1 heterocycles. The number of aromatic nitrogens is 1. The van der Waals surface area contributed by atoms with Crippen LogP contribution in [0.25, 0.3) is 0 Å². The standard InChI is InChI=1S/C20H18ClN/c1-15-11-12-18(14-16(15)2)20(21,17-8-4-3-5-9-17)19-10-6-7-13-22-19/h3-14H,1-2H3. The zero-order chi connectivity index (χ0) is 15.6. The molecular weight excluding hydrogens is 290 g/mol. The van der Waals surface area contributed by atoms with E-state index >= 15 is 0 Å². The van der Waals surface area contributed by atoms with Gasteiger partial charge in [-0.15, -0.1) is 11.6 Å². The number of hydrogen-bond acceptors (Lipinski definition) is 1. The molecule has 1 unspecified atom stereocenters. The minimum atomic E-state index is -0.777. The van der Waals surface area contributed by atoms with Gasteiger partial charge in [-0.25, -0.2) is 0 Å². The fourth-order valence-corrected chi connectivity index (χ4v) is 3.01. The highest BCUT2D eigenvalue weighted by Crippen LogP contribution is 2.42. The van der Waals surface area contributed by atoms with Gasteiger partial charge in [0.05, 0.1) is 5.69 Å². The first-order valence-corrected chi connectivity index (χ1v) is 7.74. The molecule has 2 heteroatoms. The molecule has 0 spiro atoms. The van der Waals surface area contributed by atoms with Crippen LogP contribution in [0, 0.1) is 13.8 Å². The topological polar surface area (TPSA) is 12.9 Å². The molecule has 3 rings (SSSR count). The summed E-state index contributed by atoms with van der Waals surface area (Å²) in [5.74, 6) is 0. The van der Waals surface area contributed by atoms with Crippen molar-refractivity contribution in [2.75, 3.05) is 0 Å². The van der Waals surface area contributed by atoms with E-state index in [1.165, 1.54) is 11.1 Å². The van der Waals surface area contributed by atoms with E-state index in [0.717, 1.165) is 16.8 Å². The van der Waals surface area contributed by atoms with Crippen LogP contribution >= 0.6 is 11.6 Å². The van der Waals surface area contributed by atoms with Gasteiger partial charge in [-0.2, -0.15) is 0 Å². The predicted molar refractivity (Wildman–Crippen MR) is 92.3 cm³/mol. The van der Waals surface area contributed by atoms with Crippen molar-refractivity contribution in [2.24, 2.45) is 0 Å². The molecule has 0 saturated heterocycles. The summed E-state index contributed by atoms with van der Waals surface area (Å²) in [5.41, 5.74) is 5.40. The average molecular weight is 308 g/mol. The second-order valence-corrected chi connectivity index (χ2v) is 6.11. The smallest absolute Gasteiger partial charge is 0.136 e. The lowest BCUT2D eigenvalue weighted by Crippen LogP contribution is -2.23. The molecule has 2 aromatic carbocycles. The number of aryl methyl sites for hydroxylation is 2. The van der Waals surface area contributed by atoms with Gasteiger partial charge in [-0.05, 0) is 48.2 Å². The van der Waals surface area contributed by atoms with Crippen LogP contribution in [-0.2, 0) is 4.87 Å². The summed E-state index contributed by atoms with van der Waals surface area (Å²) in [5, 5.41) is 0. The Morgan fingerprint density at radius 3 is 2.14 bits per heavy atom. The van der Waals surface area contributed by atoms with Crippen LogP contribution in [0.4, 0.5) is 0 Å². The normalized spacial score (nSPS) is 13.6. The van der Waals surface area contributed by atoms with Gasteiger partial charge in [0.2, 0.25) is 0 Å². The SMILES string of the molecule is Cc1ccc(C(Cl)(c2ccccc2)c2ccccn2)cc1C. The summed E-state index contributed by atoms with van der Waals surface area (Å²) in [4.78, 5) is 3.75. The third kappa shape index (κ3) is 2.53. The number of alkyl halides is 1. The molecule has 0 N–H and O–H groups in total. The van der Waals surface area contributed by atoms with E-state index in [1.54, 1.807) is 6.20 Å². The molecule has 0 saturated carbocycles. The van der Waals surface area contributed by atoms with Crippen LogP contribution in [0.15, 0.2) is 72.9 Å². The first-order chi connectivity index (χ1) is 10.6. The molecule has 1 atom stereocenters. The van der Waals surface area contributed by atoms with Crippen LogP contribution in [0.2, 0.25) is 0 Å². The van der Waals surface area contributed by atoms with Gasteiger partial charge < -0.3 is 0 Å². The molecule has 0 aliphatic rings. The molecular formula is C20H18ClN. The highest BCUT2D eigenvalue weighted by Gasteiger charge is 2.35. The van der Waals surface area contributed by atoms with E-state index in [1.807, 2.05) is 36.4 Å². The molecule has 0 aliphatic carbocycles. The first kappa shape index (κ1) is 14.8. The molecule has 110 valence electrons. The fourth-order valence-electron chi connectivity index (χ4n) is 2.65. The minimum Gasteiger partial charge on any atom is -0.259 e. The van der Waals surface area contributed by atoms with E-state index in [-0.39, 0.29) is 0 Å². The lowest BCUT2D eigenvalue weighted by atomic mass is 9.85. The number of rotatable bonds is 3. The lowest BCUT2D eigenvalue weighted by Gasteiger charge is -2.28. The molecule has 1 nitrogen and oxygen atoms in total. The van der Waals surface area contributed by atoms with Gasteiger partial charge >= 0.3 is 0 Å². The van der Waals surface area contributed by atoms with Crippen molar-refractivity contribution >= 4 is 11.6 Å². The highest BCUT2D eigenvalue weighted by molar-refractivity contribution is 6.28. The van der Waals surface area contributed by atoms with Crippen LogP contribution in [-0.4, -0.2) is 4.98 Å². The molecule has 1 aromatic heterocycles. The number of hydrogen-bond donors (Lipinski definition) is 0. The summed E-state index contributed by atoms with van der Waals surface area (Å²) in [7, 11) is 0. The Morgan fingerprint density at radius 1 is 0.773 bits per heavy atom. The lowest BCUT2D eigenvalue weighted by molar-refractivity contribution is 0.831. The van der Waals surface area contributed by atoms with Crippen LogP contribution in [0.1, 0.15) is 27.9 Å². The maximum absolute atomic E-state index is 7.18. The third-order valence-electron chi connectivity index (χ3n) is 4.09. The number of halogens is 1. The van der Waals surface area contributed by atoms with Crippen LogP contribution in [0.5, 0.6) is 0 Å². The summed E-state index contributed by atoms with van der Waals surface area (Å²) in [6.45, 7) is 4.22. The van der Waals surface area contributed by atoms with E-state index < -0.39 is 4.87 Å². The number of benzene rings is 2. The fraction of sp³-hybridized carbons (Fsp3) is 0.150. The molecule has 0 bridgehead atoms. The zero-order valence-electron chi connectivity index (χ0n) is 12.8. The van der Waals surface area contributed by atoms with Gasteiger partial charge in [-0.1, -0.05) is 54.6 Å². The molecule has 22 heavy (non-hydrogen) atoms. The first-order valence-electron chi connectivity index (χ1n) is 7.36. The minimum absolute atomic E-state index is 0.777. The Balaban J connectivity index is 2.26. The Kier molecular flexibility index (Phi) is 4.00. The molecule has 0 amide bonds. The third-order valence-corrected chi connectivity index (χ3v) is 4.72. The molecule has 0 radical (unpaired) electrons. The quantitative estimate of drug-likeness (QED) is 0.604. The van der Waals surface area contributed by atoms with E-state index in [2.05, 4.69) is 49.2 Å². The Labute approximate surface area is 136 Å². The maximum Gasteiger partial charge on any atom is 0.136 e. The van der Waals surface area contributed by atoms with Gasteiger partial charge in [0.25, 0.3) is 0 Å². The second-order valence-electron chi connectivity index (χ2n) is 5.54. The zero-order valence-corrected chi connectivity index (χ0v) is 13.5. The van der Waals surface area contributed by atoms with Crippen molar-refractivity contribution < 1.29 is 0 Å². The second kappa shape index (κ2) is 5.94. The van der Waals surface area contributed by atoms with Gasteiger partial charge in [-0.3, -0.25) is 4.98 Å². The summed E-state index contributed by atoms with van der Waals surface area (Å²) in [6.07, 6.45) is 1.79. The van der Waals surface area contributed by atoms with Crippen molar-refractivity contribution in [3.8, 4) is 0 Å². The summed E-state index contributed by atoms with van der Waals surface area (Å²) < 4.78 is 0. The van der Waals surface area contributed by atoms with E-state index in [0.29, 0.717) is 0 Å². The van der Waals surface area contributed by atoms with Crippen molar-refractivity contribution in [1.82, 2.24) is 4.98 Å². The predicted octanol–water partition coefficient (Wildman–Crippen LogP) is 5.23. The Hall–Kier alpha value is -2.12. The van der Waals surface area contributed by atoms with Crippen molar-refractivity contribution in [3.05, 3.63) is 101 Å². The summed E-state index contributed by atoms with van der Waals surface area (Å²) >= 11 is 7.18. The largest absolute Gasteiger partial charge is 0.259 e. The number of nitrogens with zero attached hydrogens (tertiary/aromatic N) is 1. The maximum atomic E-state index is 7.18. The van der Waals surface area contributed by atoms with Crippen molar-refractivity contribution in [2.45, 2.75) is 18.7 Å². The highest BCUT2D eigenvalue weighted by atomic mass is 35.5. The average Bonchev–Trinajstić information content (AvgIpc) is 2.58. The monoisotopic (exact) mass is 307 g/mol. The number of pyridine rings is 1. The van der Waals surface area contributed by atoms with Crippen LogP contribution < -0.4 is 0 Å². The van der Waals surface area contributed by atoms with Crippen LogP contribution in [0.3, 0.4) is 0 Å². The Bertz CT molecular complexity index is 727. The Morgan fingerprint density at radius 2 is 1.50 bits per heavy atom. The van der Waals surface area contributed by atoms with Gasteiger partial charge in [0, 0.05) is 6.20 Å². The molecule has 0 aliphatic heterocycles. The molecule has 0 fully saturated rings. The molecule has 3 aromatic rings. The van der Waals surface area contributed by atoms with Gasteiger partial charge in [0.1, 0.15) is 4.87 Å². The van der Waals surface area contributed by atoms with E-state index in [9.17, 15) is 0 Å². The van der Waals surface area contributed by atoms with Crippen molar-refractivity contribution in [1.29, 1.82) is 0 Å².